The van der Waals surface area contributed by atoms with Gasteiger partial charge in [0, 0.05) is 11.3 Å². The molecule has 40 heavy (non-hydrogen) atoms. The summed E-state index contributed by atoms with van der Waals surface area (Å²) in [5.41, 5.74) is 0.346. The Morgan fingerprint density at radius 1 is 0.825 bits per heavy atom. The Labute approximate surface area is 249 Å². The summed E-state index contributed by atoms with van der Waals surface area (Å²) in [6, 6.07) is 0. The molecule has 0 radical (unpaired) electrons. The molecule has 5 fully saturated rings. The molecule has 0 saturated heterocycles. The van der Waals surface area contributed by atoms with Crippen molar-refractivity contribution in [1.29, 1.82) is 0 Å². The largest absolute Gasteiger partial charge is 0.393 e. The zero-order valence-corrected chi connectivity index (χ0v) is 28.1. The van der Waals surface area contributed by atoms with E-state index in [1.165, 1.54) is 77.0 Å². The highest BCUT2D eigenvalue weighted by Crippen LogP contribution is 2.74. The minimum absolute atomic E-state index is 0.00777. The Morgan fingerprint density at radius 3 is 2.12 bits per heavy atom. The van der Waals surface area contributed by atoms with Gasteiger partial charge in [0.2, 0.25) is 0 Å². The van der Waals surface area contributed by atoms with Gasteiger partial charge in [-0.2, -0.15) is 0 Å². The molecule has 14 atom stereocenters. The lowest BCUT2D eigenvalue weighted by atomic mass is 9.33. The molecule has 2 nitrogen and oxygen atoms in total. The second-order valence-electron chi connectivity index (χ2n) is 17.7. The second kappa shape index (κ2) is 11.4. The van der Waals surface area contributed by atoms with Crippen molar-refractivity contribution in [2.24, 2.45) is 81.3 Å². The molecule has 0 heterocycles. The topological polar surface area (TPSA) is 40.5 Å². The summed E-state index contributed by atoms with van der Waals surface area (Å²) in [5.74, 6) is 7.73. The van der Waals surface area contributed by atoms with Crippen molar-refractivity contribution in [2.75, 3.05) is 0 Å². The maximum absolute atomic E-state index is 12.1. The number of hydrogen-bond acceptors (Lipinski definition) is 2. The van der Waals surface area contributed by atoms with Crippen molar-refractivity contribution >= 4 is 0 Å². The Balaban J connectivity index is 1.40. The van der Waals surface area contributed by atoms with Crippen LogP contribution in [0.25, 0.3) is 0 Å². The minimum Gasteiger partial charge on any atom is -0.393 e. The number of rotatable bonds is 6. The Morgan fingerprint density at radius 2 is 1.50 bits per heavy atom. The molecule has 2 N–H and O–H groups in total. The molecule has 0 bridgehead atoms. The van der Waals surface area contributed by atoms with E-state index in [2.05, 4.69) is 55.4 Å². The van der Waals surface area contributed by atoms with E-state index in [9.17, 15) is 10.2 Å². The van der Waals surface area contributed by atoms with E-state index >= 15 is 0 Å². The van der Waals surface area contributed by atoms with Crippen molar-refractivity contribution in [3.63, 3.8) is 0 Å². The fourth-order valence-corrected chi connectivity index (χ4v) is 14.0. The molecule has 0 aromatic heterocycles. The Bertz CT molecular complexity index is 860. The second-order valence-corrected chi connectivity index (χ2v) is 17.7. The first-order chi connectivity index (χ1) is 18.8. The molecule has 0 amide bonds. The lowest BCUT2D eigenvalue weighted by molar-refractivity contribution is -0.270. The normalized spacial score (nSPS) is 55.6. The lowest BCUT2D eigenvalue weighted by Crippen LogP contribution is -2.69. The summed E-state index contributed by atoms with van der Waals surface area (Å²) >= 11 is 0. The van der Waals surface area contributed by atoms with Gasteiger partial charge in [-0.15, -0.1) is 0 Å². The van der Waals surface area contributed by atoms with Gasteiger partial charge >= 0.3 is 0 Å². The molecule has 0 aromatic carbocycles. The van der Waals surface area contributed by atoms with E-state index in [1.54, 1.807) is 0 Å². The van der Waals surface area contributed by atoms with Crippen LogP contribution in [0.3, 0.4) is 0 Å². The summed E-state index contributed by atoms with van der Waals surface area (Å²) < 4.78 is 0. The van der Waals surface area contributed by atoms with Crippen LogP contribution in [0.1, 0.15) is 146 Å². The van der Waals surface area contributed by atoms with Crippen LogP contribution in [0.4, 0.5) is 0 Å². The molecule has 0 aliphatic heterocycles. The van der Waals surface area contributed by atoms with Crippen LogP contribution >= 0.6 is 0 Å². The molecule has 5 saturated carbocycles. The predicted octanol–water partition coefficient (Wildman–Crippen LogP) is 9.76. The van der Waals surface area contributed by atoms with Gasteiger partial charge in [0.05, 0.1) is 12.2 Å². The zero-order valence-electron chi connectivity index (χ0n) is 28.1. The number of unbranched alkanes of at least 4 members (excludes halogenated alkanes) is 2. The fraction of sp³-hybridized carbons (Fsp3) is 1.00. The van der Waals surface area contributed by atoms with Crippen LogP contribution < -0.4 is 0 Å². The number of fused-ring (bicyclic) bond motifs is 3. The van der Waals surface area contributed by atoms with Gasteiger partial charge in [0.25, 0.3) is 0 Å². The maximum Gasteiger partial charge on any atom is 0.0656 e. The fourth-order valence-electron chi connectivity index (χ4n) is 14.0. The van der Waals surface area contributed by atoms with E-state index < -0.39 is 12.2 Å². The quantitative estimate of drug-likeness (QED) is 0.320. The van der Waals surface area contributed by atoms with Gasteiger partial charge in [-0.25, -0.2) is 0 Å². The van der Waals surface area contributed by atoms with E-state index in [-0.39, 0.29) is 16.7 Å². The molecule has 2 heteroatoms. The maximum atomic E-state index is 12.1. The van der Waals surface area contributed by atoms with Crippen molar-refractivity contribution < 1.29 is 10.2 Å². The number of aliphatic hydroxyl groups excluding tert-OH is 2. The van der Waals surface area contributed by atoms with E-state index in [0.29, 0.717) is 23.2 Å². The monoisotopic (exact) mass is 557 g/mol. The summed E-state index contributed by atoms with van der Waals surface area (Å²) in [7, 11) is 0. The average Bonchev–Trinajstić information content (AvgIpc) is 2.86. The summed E-state index contributed by atoms with van der Waals surface area (Å²) in [4.78, 5) is 0. The highest BCUT2D eigenvalue weighted by Gasteiger charge is 2.69. The first-order valence-corrected chi connectivity index (χ1v) is 18.1. The van der Waals surface area contributed by atoms with Crippen LogP contribution in [0.15, 0.2) is 0 Å². The van der Waals surface area contributed by atoms with Crippen LogP contribution in [0.5, 0.6) is 0 Å². The van der Waals surface area contributed by atoms with E-state index in [1.807, 2.05) is 6.92 Å². The van der Waals surface area contributed by atoms with Crippen molar-refractivity contribution in [1.82, 2.24) is 0 Å². The summed E-state index contributed by atoms with van der Waals surface area (Å²) in [6.45, 7) is 22.0. The highest BCUT2D eigenvalue weighted by atomic mass is 16.3. The van der Waals surface area contributed by atoms with E-state index in [0.717, 1.165) is 47.8 Å². The smallest absolute Gasteiger partial charge is 0.0656 e. The van der Waals surface area contributed by atoms with E-state index in [4.69, 9.17) is 0 Å². The van der Waals surface area contributed by atoms with Gasteiger partial charge in [0.15, 0.2) is 0 Å². The third-order valence-corrected chi connectivity index (χ3v) is 15.6. The van der Waals surface area contributed by atoms with Gasteiger partial charge in [-0.1, -0.05) is 100 Å². The predicted molar refractivity (Wildman–Crippen MR) is 169 cm³/mol. The summed E-state index contributed by atoms with van der Waals surface area (Å²) in [6.07, 6.45) is 17.6. The van der Waals surface area contributed by atoms with Crippen LogP contribution in [-0.2, 0) is 0 Å². The number of hydrogen-bond donors (Lipinski definition) is 2. The first-order valence-electron chi connectivity index (χ1n) is 18.1. The van der Waals surface area contributed by atoms with Crippen molar-refractivity contribution in [2.45, 2.75) is 158 Å². The summed E-state index contributed by atoms with van der Waals surface area (Å²) in [5, 5.41) is 22.9. The molecule has 5 rings (SSSR count). The Kier molecular flexibility index (Phi) is 8.97. The van der Waals surface area contributed by atoms with Crippen LogP contribution in [0, 0.1) is 81.3 Å². The van der Waals surface area contributed by atoms with Gasteiger partial charge < -0.3 is 10.2 Å². The first kappa shape index (κ1) is 31.3. The molecular weight excluding hydrogens is 488 g/mol. The molecule has 232 valence electrons. The molecule has 5 aliphatic rings. The van der Waals surface area contributed by atoms with Crippen LogP contribution in [0.2, 0.25) is 0 Å². The molecular formula is C38H68O2. The van der Waals surface area contributed by atoms with Gasteiger partial charge in [-0.05, 0) is 115 Å². The zero-order chi connectivity index (χ0) is 29.2. The van der Waals surface area contributed by atoms with Crippen LogP contribution in [-0.4, -0.2) is 22.4 Å². The third-order valence-electron chi connectivity index (χ3n) is 15.6. The molecule has 0 spiro atoms. The van der Waals surface area contributed by atoms with Gasteiger partial charge in [-0.3, -0.25) is 0 Å². The highest BCUT2D eigenvalue weighted by molar-refractivity contribution is 5.18. The molecule has 0 aromatic rings. The Hall–Kier alpha value is -0.0800. The molecule has 5 aliphatic carbocycles. The standard InChI is InChI=1S/C38H68O2/c1-10-11-12-13-28-15-17-29(18-16-28)30-19-14-23(2)32-25(4)34-26(5)38(9)35(40)33(27(6)39)24(3)20-37(38,8)22-36(34,7)21-31(30)32/h23-35,39-40H,10-22H2,1-9H3. The average molecular weight is 557 g/mol. The molecule has 14 unspecified atom stereocenters. The lowest BCUT2D eigenvalue weighted by Gasteiger charge is -2.72. The third kappa shape index (κ3) is 4.88. The minimum atomic E-state index is -0.444. The number of aliphatic hydroxyl groups is 2. The van der Waals surface area contributed by atoms with Crippen molar-refractivity contribution in [3.05, 3.63) is 0 Å². The van der Waals surface area contributed by atoms with Gasteiger partial charge in [0.1, 0.15) is 0 Å². The van der Waals surface area contributed by atoms with Crippen molar-refractivity contribution in [3.8, 4) is 0 Å². The SMILES string of the molecule is CCCCCC1CCC(C2CCC(C)C3C(C)C4C(C)C5(C)C(O)C(C(C)O)C(C)CC5(C)CC4(C)CC23)CC1.